The van der Waals surface area contributed by atoms with Gasteiger partial charge in [0.05, 0.1) is 13.2 Å². The topological polar surface area (TPSA) is 90.4 Å². The molecule has 0 saturated heterocycles. The molecule has 0 aromatic carbocycles. The van der Waals surface area contributed by atoms with Crippen LogP contribution in [0.1, 0.15) is 11.8 Å². The van der Waals surface area contributed by atoms with E-state index in [2.05, 4.69) is 4.98 Å². The molecule has 1 aromatic rings. The molecule has 0 saturated carbocycles. The highest BCUT2D eigenvalue weighted by Gasteiger charge is 2.29. The number of aryl methyl sites for hydroxylation is 1. The maximum absolute atomic E-state index is 13.7. The van der Waals surface area contributed by atoms with E-state index in [-0.39, 0.29) is 18.0 Å². The Labute approximate surface area is 96.1 Å². The van der Waals surface area contributed by atoms with Gasteiger partial charge in [0.15, 0.2) is 12.1 Å². The molecule has 6 nitrogen and oxygen atoms in total. The Morgan fingerprint density at radius 3 is 3.06 bits per heavy atom. The van der Waals surface area contributed by atoms with Crippen LogP contribution in [0.4, 0.5) is 10.2 Å². The average molecular weight is 241 g/mol. The highest BCUT2D eigenvalue weighted by Crippen LogP contribution is 2.29. The first-order chi connectivity index (χ1) is 8.04. The van der Waals surface area contributed by atoms with Gasteiger partial charge in [-0.1, -0.05) is 0 Å². The molecule has 1 aliphatic rings. The van der Waals surface area contributed by atoms with Crippen LogP contribution in [-0.2, 0) is 4.74 Å². The molecule has 2 rings (SSSR count). The number of anilines is 1. The van der Waals surface area contributed by atoms with E-state index in [4.69, 9.17) is 15.6 Å². The molecule has 0 radical (unpaired) electrons. The van der Waals surface area contributed by atoms with E-state index in [1.807, 2.05) is 0 Å². The molecule has 7 heteroatoms. The van der Waals surface area contributed by atoms with Crippen molar-refractivity contribution in [3.8, 4) is 0 Å². The molecular formula is C10H12FN3O3. The van der Waals surface area contributed by atoms with Crippen LogP contribution >= 0.6 is 0 Å². The first kappa shape index (κ1) is 11.7. The van der Waals surface area contributed by atoms with Crippen molar-refractivity contribution in [2.45, 2.75) is 13.2 Å². The van der Waals surface area contributed by atoms with Crippen LogP contribution in [0.15, 0.2) is 22.4 Å². The zero-order valence-corrected chi connectivity index (χ0v) is 9.18. The minimum Gasteiger partial charge on any atom is -0.392 e. The van der Waals surface area contributed by atoms with Crippen molar-refractivity contribution in [1.82, 2.24) is 9.55 Å². The fourth-order valence-electron chi connectivity index (χ4n) is 1.57. The SMILES string of the molecule is Cc1cn(C2OCC(CO)=C2F)c(=O)nc1N. The first-order valence-corrected chi connectivity index (χ1v) is 4.99. The van der Waals surface area contributed by atoms with Crippen molar-refractivity contribution < 1.29 is 14.2 Å². The number of aliphatic hydroxyl groups is 1. The monoisotopic (exact) mass is 241 g/mol. The minimum atomic E-state index is -1.16. The summed E-state index contributed by atoms with van der Waals surface area (Å²) in [6.45, 7) is 1.18. The number of nitrogen functional groups attached to an aromatic ring is 1. The van der Waals surface area contributed by atoms with Crippen molar-refractivity contribution >= 4 is 5.82 Å². The molecule has 3 N–H and O–H groups in total. The van der Waals surface area contributed by atoms with Crippen LogP contribution in [0, 0.1) is 6.92 Å². The third kappa shape index (κ3) is 1.94. The van der Waals surface area contributed by atoms with Crippen LogP contribution in [0.2, 0.25) is 0 Å². The second kappa shape index (κ2) is 4.27. The van der Waals surface area contributed by atoms with Gasteiger partial charge in [-0.3, -0.25) is 4.57 Å². The fraction of sp³-hybridized carbons (Fsp3) is 0.400. The standard InChI is InChI=1S/C10H12FN3O3/c1-5-2-14(10(16)13-8(5)12)9-7(11)6(3-15)4-17-9/h2,9,15H,3-4H2,1H3,(H2,12,13,16). The van der Waals surface area contributed by atoms with E-state index in [1.165, 1.54) is 6.20 Å². The molecule has 0 bridgehead atoms. The molecule has 0 spiro atoms. The lowest BCUT2D eigenvalue weighted by molar-refractivity contribution is 0.0497. The van der Waals surface area contributed by atoms with Crippen molar-refractivity contribution in [2.24, 2.45) is 0 Å². The zero-order chi connectivity index (χ0) is 12.6. The molecule has 1 aromatic heterocycles. The summed E-state index contributed by atoms with van der Waals surface area (Å²) in [5.74, 6) is -0.545. The van der Waals surface area contributed by atoms with Gasteiger partial charge in [0, 0.05) is 17.3 Å². The van der Waals surface area contributed by atoms with Crippen LogP contribution in [0.5, 0.6) is 0 Å². The van der Waals surface area contributed by atoms with Crippen LogP contribution < -0.4 is 11.4 Å². The lowest BCUT2D eigenvalue weighted by Gasteiger charge is -2.13. The van der Waals surface area contributed by atoms with E-state index in [0.717, 1.165) is 4.57 Å². The van der Waals surface area contributed by atoms with Crippen molar-refractivity contribution in [2.75, 3.05) is 18.9 Å². The summed E-state index contributed by atoms with van der Waals surface area (Å²) in [5, 5.41) is 8.87. The maximum atomic E-state index is 13.7. The Hall–Kier alpha value is -1.73. The summed E-state index contributed by atoms with van der Waals surface area (Å²) in [6, 6.07) is 0. The Morgan fingerprint density at radius 1 is 1.76 bits per heavy atom. The van der Waals surface area contributed by atoms with Crippen LogP contribution in [0.3, 0.4) is 0 Å². The van der Waals surface area contributed by atoms with Crippen molar-refractivity contribution in [1.29, 1.82) is 0 Å². The number of nitrogens with zero attached hydrogens (tertiary/aromatic N) is 2. The average Bonchev–Trinajstić information content (AvgIpc) is 2.65. The Kier molecular flexibility index (Phi) is 2.95. The molecular weight excluding hydrogens is 229 g/mol. The summed E-state index contributed by atoms with van der Waals surface area (Å²) >= 11 is 0. The Morgan fingerprint density at radius 2 is 2.47 bits per heavy atom. The highest BCUT2D eigenvalue weighted by atomic mass is 19.1. The second-order valence-electron chi connectivity index (χ2n) is 3.77. The van der Waals surface area contributed by atoms with Gasteiger partial charge in [0.1, 0.15) is 5.82 Å². The number of halogens is 1. The summed E-state index contributed by atoms with van der Waals surface area (Å²) in [4.78, 5) is 15.1. The number of rotatable bonds is 2. The van der Waals surface area contributed by atoms with E-state index >= 15 is 0 Å². The highest BCUT2D eigenvalue weighted by molar-refractivity contribution is 5.35. The largest absolute Gasteiger partial charge is 0.392 e. The van der Waals surface area contributed by atoms with Gasteiger partial charge in [0.25, 0.3) is 0 Å². The molecule has 0 fully saturated rings. The molecule has 0 amide bonds. The predicted octanol–water partition coefficient (Wildman–Crippen LogP) is -0.121. The number of hydrogen-bond acceptors (Lipinski definition) is 5. The Bertz CT molecular complexity index is 538. The van der Waals surface area contributed by atoms with Gasteiger partial charge in [0.2, 0.25) is 0 Å². The maximum Gasteiger partial charge on any atom is 0.351 e. The van der Waals surface area contributed by atoms with Crippen LogP contribution in [-0.4, -0.2) is 27.9 Å². The minimum absolute atomic E-state index is 0.0388. The zero-order valence-electron chi connectivity index (χ0n) is 9.18. The van der Waals surface area contributed by atoms with Gasteiger partial charge in [-0.05, 0) is 6.92 Å². The third-order valence-corrected chi connectivity index (χ3v) is 2.59. The first-order valence-electron chi connectivity index (χ1n) is 4.99. The number of aliphatic hydroxyl groups excluding tert-OH is 1. The fourth-order valence-corrected chi connectivity index (χ4v) is 1.57. The summed E-state index contributed by atoms with van der Waals surface area (Å²) < 4.78 is 19.8. The van der Waals surface area contributed by atoms with Gasteiger partial charge >= 0.3 is 5.69 Å². The predicted molar refractivity (Wildman–Crippen MR) is 57.9 cm³/mol. The quantitative estimate of drug-likeness (QED) is 0.753. The smallest absolute Gasteiger partial charge is 0.351 e. The number of ether oxygens (including phenoxy) is 1. The Balaban J connectivity index is 2.46. The molecule has 0 aliphatic carbocycles. The molecule has 92 valence electrons. The van der Waals surface area contributed by atoms with E-state index in [0.29, 0.717) is 5.56 Å². The second-order valence-corrected chi connectivity index (χ2v) is 3.77. The molecule has 17 heavy (non-hydrogen) atoms. The van der Waals surface area contributed by atoms with Gasteiger partial charge in [-0.25, -0.2) is 9.18 Å². The number of hydrogen-bond donors (Lipinski definition) is 2. The lowest BCUT2D eigenvalue weighted by atomic mass is 10.3. The normalized spacial score (nSPS) is 20.1. The number of nitrogens with two attached hydrogens (primary N) is 1. The molecule has 2 heterocycles. The van der Waals surface area contributed by atoms with Gasteiger partial charge < -0.3 is 15.6 Å². The summed E-state index contributed by atoms with van der Waals surface area (Å²) in [7, 11) is 0. The van der Waals surface area contributed by atoms with Crippen molar-refractivity contribution in [3.05, 3.63) is 33.6 Å². The molecule has 1 unspecified atom stereocenters. The molecule has 1 aliphatic heterocycles. The third-order valence-electron chi connectivity index (χ3n) is 2.59. The number of aromatic nitrogens is 2. The summed E-state index contributed by atoms with van der Waals surface area (Å²) in [6.07, 6.45) is 0.228. The van der Waals surface area contributed by atoms with Gasteiger partial charge in [-0.15, -0.1) is 0 Å². The summed E-state index contributed by atoms with van der Waals surface area (Å²) in [5.41, 5.74) is 5.47. The van der Waals surface area contributed by atoms with E-state index < -0.39 is 24.4 Å². The molecule has 1 atom stereocenters. The van der Waals surface area contributed by atoms with Crippen LogP contribution in [0.25, 0.3) is 0 Å². The van der Waals surface area contributed by atoms with E-state index in [9.17, 15) is 9.18 Å². The van der Waals surface area contributed by atoms with Gasteiger partial charge in [-0.2, -0.15) is 4.98 Å². The lowest BCUT2D eigenvalue weighted by Crippen LogP contribution is -2.28. The van der Waals surface area contributed by atoms with Crippen molar-refractivity contribution in [3.63, 3.8) is 0 Å². The van der Waals surface area contributed by atoms with E-state index in [1.54, 1.807) is 6.92 Å².